The topological polar surface area (TPSA) is 107 Å². The van der Waals surface area contributed by atoms with Gasteiger partial charge in [-0.1, -0.05) is 29.3 Å². The number of amides is 1. The zero-order chi connectivity index (χ0) is 22.9. The lowest BCUT2D eigenvalue weighted by atomic mass is 10.1. The first-order valence-electron chi connectivity index (χ1n) is 9.33. The Morgan fingerprint density at radius 3 is 2.29 bits per heavy atom. The zero-order valence-electron chi connectivity index (χ0n) is 17.6. The number of carbonyl (C=O) groups excluding carboxylic acids is 1. The van der Waals surface area contributed by atoms with Crippen LogP contribution in [0.4, 0.5) is 11.5 Å². The molecule has 0 atom stereocenters. The summed E-state index contributed by atoms with van der Waals surface area (Å²) in [5.41, 5.74) is 9.86. The number of rotatable bonds is 6. The molecule has 3 N–H and O–H groups in total. The number of benzene rings is 2. The lowest BCUT2D eigenvalue weighted by molar-refractivity contribution is -0.116. The van der Waals surface area contributed by atoms with Crippen molar-refractivity contribution in [1.82, 2.24) is 9.78 Å². The highest BCUT2D eigenvalue weighted by molar-refractivity contribution is 7.99. The normalized spacial score (nSPS) is 11.5. The first kappa shape index (κ1) is 23.2. The molecule has 0 bridgehead atoms. The van der Waals surface area contributed by atoms with Gasteiger partial charge in [-0.2, -0.15) is 5.10 Å². The van der Waals surface area contributed by atoms with Crippen molar-refractivity contribution < 1.29 is 13.2 Å². The van der Waals surface area contributed by atoms with Crippen molar-refractivity contribution in [2.24, 2.45) is 0 Å². The van der Waals surface area contributed by atoms with Gasteiger partial charge >= 0.3 is 0 Å². The number of nitrogens with zero attached hydrogens (tertiary/aromatic N) is 2. The molecule has 0 fully saturated rings. The van der Waals surface area contributed by atoms with E-state index < -0.39 is 9.84 Å². The Balaban J connectivity index is 1.93. The van der Waals surface area contributed by atoms with Gasteiger partial charge < -0.3 is 11.1 Å². The lowest BCUT2D eigenvalue weighted by Crippen LogP contribution is -2.22. The smallest absolute Gasteiger partial charge is 0.246 e. The van der Waals surface area contributed by atoms with Gasteiger partial charge in [0, 0.05) is 10.7 Å². The number of aromatic nitrogens is 2. The summed E-state index contributed by atoms with van der Waals surface area (Å²) in [5, 5.41) is 7.79. The third-order valence-corrected chi connectivity index (χ3v) is 7.62. The van der Waals surface area contributed by atoms with E-state index in [1.54, 1.807) is 6.26 Å². The van der Waals surface area contributed by atoms with Gasteiger partial charge in [0.25, 0.3) is 0 Å². The average molecular weight is 479 g/mol. The molecule has 0 radical (unpaired) electrons. The number of hydrogen-bond donors (Lipinski definition) is 2. The second-order valence-corrected chi connectivity index (χ2v) is 10.3. The first-order chi connectivity index (χ1) is 14.5. The molecule has 0 aliphatic rings. The molecular weight excluding hydrogens is 456 g/mol. The number of carbonyl (C=O) groups is 1. The Bertz CT molecular complexity index is 1230. The molecule has 10 heteroatoms. The number of nitrogen functional groups attached to an aromatic ring is 1. The molecule has 1 aromatic heterocycles. The van der Waals surface area contributed by atoms with E-state index in [4.69, 9.17) is 17.3 Å². The fourth-order valence-electron chi connectivity index (χ4n) is 3.37. The summed E-state index contributed by atoms with van der Waals surface area (Å²) < 4.78 is 27.5. The number of nitrogens with two attached hydrogens (primary N) is 1. The molecule has 7 nitrogen and oxygen atoms in total. The number of hydrogen-bond acceptors (Lipinski definition) is 6. The van der Waals surface area contributed by atoms with E-state index in [2.05, 4.69) is 10.4 Å². The van der Waals surface area contributed by atoms with Gasteiger partial charge in [0.1, 0.15) is 22.3 Å². The summed E-state index contributed by atoms with van der Waals surface area (Å²) in [4.78, 5) is 12.6. The molecule has 164 valence electrons. The van der Waals surface area contributed by atoms with Crippen LogP contribution in [0.2, 0.25) is 5.02 Å². The van der Waals surface area contributed by atoms with E-state index in [9.17, 15) is 13.2 Å². The predicted molar refractivity (Wildman–Crippen MR) is 125 cm³/mol. The summed E-state index contributed by atoms with van der Waals surface area (Å²) in [5.74, 6) is -0.445. The molecule has 0 saturated heterocycles. The van der Waals surface area contributed by atoms with Crippen molar-refractivity contribution >= 4 is 50.6 Å². The maximum atomic E-state index is 13.2. The van der Waals surface area contributed by atoms with Crippen LogP contribution < -0.4 is 11.1 Å². The molecule has 3 rings (SSSR count). The van der Waals surface area contributed by atoms with Crippen LogP contribution in [0.3, 0.4) is 0 Å². The number of thioether (sulfide) groups is 1. The van der Waals surface area contributed by atoms with E-state index in [1.165, 1.54) is 28.9 Å². The molecule has 0 spiro atoms. The Hall–Kier alpha value is -2.49. The van der Waals surface area contributed by atoms with Crippen molar-refractivity contribution in [2.45, 2.75) is 42.1 Å². The average Bonchev–Trinajstić information content (AvgIpc) is 3.01. The summed E-state index contributed by atoms with van der Waals surface area (Å²) in [6, 6.07) is 9.77. The van der Waals surface area contributed by atoms with Crippen molar-refractivity contribution in [3.05, 3.63) is 58.1 Å². The number of nitrogens with one attached hydrogen (secondary N) is 1. The maximum absolute atomic E-state index is 13.2. The monoisotopic (exact) mass is 478 g/mol. The van der Waals surface area contributed by atoms with Gasteiger partial charge in [-0.25, -0.2) is 13.1 Å². The lowest BCUT2D eigenvalue weighted by Gasteiger charge is -2.13. The van der Waals surface area contributed by atoms with Crippen LogP contribution in [0, 0.1) is 20.8 Å². The Labute approximate surface area is 190 Å². The molecule has 2 aromatic carbocycles. The highest BCUT2D eigenvalue weighted by atomic mass is 35.5. The number of aryl methyl sites for hydroxylation is 3. The minimum absolute atomic E-state index is 0.0498. The van der Waals surface area contributed by atoms with Crippen molar-refractivity contribution in [3.8, 4) is 0 Å². The quantitative estimate of drug-likeness (QED) is 0.513. The molecule has 0 aliphatic carbocycles. The van der Waals surface area contributed by atoms with E-state index in [0.29, 0.717) is 5.02 Å². The van der Waals surface area contributed by atoms with Crippen molar-refractivity contribution in [1.29, 1.82) is 0 Å². The van der Waals surface area contributed by atoms with E-state index in [0.717, 1.165) is 34.1 Å². The minimum atomic E-state index is -3.94. The molecule has 0 aliphatic heterocycles. The molecule has 0 saturated carbocycles. The SMILES string of the molecule is CSc1nn(CC(=O)Nc2c(C)cc(C)cc2C)c(N)c1S(=O)(=O)c1ccc(Cl)cc1. The van der Waals surface area contributed by atoms with Crippen LogP contribution in [0.5, 0.6) is 0 Å². The molecule has 31 heavy (non-hydrogen) atoms. The molecule has 3 aromatic rings. The Morgan fingerprint density at radius 1 is 1.16 bits per heavy atom. The van der Waals surface area contributed by atoms with Gasteiger partial charge in [0.15, 0.2) is 0 Å². The van der Waals surface area contributed by atoms with Gasteiger partial charge in [0.05, 0.1) is 4.90 Å². The molecule has 1 amide bonds. The number of halogens is 1. The van der Waals surface area contributed by atoms with Gasteiger partial charge in [-0.3, -0.25) is 4.79 Å². The molecule has 1 heterocycles. The molecular formula is C21H23ClN4O3S2. The van der Waals surface area contributed by atoms with Crippen LogP contribution in [0.25, 0.3) is 0 Å². The Kier molecular flexibility index (Phi) is 6.68. The van der Waals surface area contributed by atoms with Crippen LogP contribution >= 0.6 is 23.4 Å². The summed E-state index contributed by atoms with van der Waals surface area (Å²) >= 11 is 7.02. The van der Waals surface area contributed by atoms with E-state index in [-0.39, 0.29) is 33.1 Å². The van der Waals surface area contributed by atoms with Gasteiger partial charge in [-0.05, 0) is 62.4 Å². The Morgan fingerprint density at radius 2 is 1.74 bits per heavy atom. The fourth-order valence-corrected chi connectivity index (χ4v) is 5.92. The third-order valence-electron chi connectivity index (χ3n) is 4.74. The molecule has 0 unspecified atom stereocenters. The first-order valence-corrected chi connectivity index (χ1v) is 12.4. The van der Waals surface area contributed by atoms with Crippen LogP contribution in [-0.4, -0.2) is 30.4 Å². The summed E-state index contributed by atoms with van der Waals surface area (Å²) in [6.45, 7) is 5.60. The van der Waals surface area contributed by atoms with E-state index in [1.807, 2.05) is 32.9 Å². The fraction of sp³-hybridized carbons (Fsp3) is 0.238. The summed E-state index contributed by atoms with van der Waals surface area (Å²) in [6.07, 6.45) is 1.70. The van der Waals surface area contributed by atoms with E-state index >= 15 is 0 Å². The predicted octanol–water partition coefficient (Wildman–Crippen LogP) is 4.24. The largest absolute Gasteiger partial charge is 0.383 e. The number of anilines is 2. The highest BCUT2D eigenvalue weighted by Crippen LogP contribution is 2.34. The maximum Gasteiger partial charge on any atom is 0.246 e. The van der Waals surface area contributed by atoms with Crippen LogP contribution in [0.15, 0.2) is 51.2 Å². The van der Waals surface area contributed by atoms with Crippen LogP contribution in [-0.2, 0) is 21.2 Å². The number of sulfone groups is 1. The van der Waals surface area contributed by atoms with Crippen molar-refractivity contribution in [2.75, 3.05) is 17.3 Å². The second-order valence-electron chi connectivity index (χ2n) is 7.16. The van der Waals surface area contributed by atoms with Crippen LogP contribution in [0.1, 0.15) is 16.7 Å². The third kappa shape index (κ3) is 4.73. The second kappa shape index (κ2) is 8.94. The van der Waals surface area contributed by atoms with Gasteiger partial charge in [-0.15, -0.1) is 11.8 Å². The highest BCUT2D eigenvalue weighted by Gasteiger charge is 2.29. The standard InChI is InChI=1S/C21H23ClN4O3S2/c1-12-9-13(2)18(14(3)10-12)24-17(27)11-26-20(23)19(21(25-26)30-4)31(28,29)16-7-5-15(22)6-8-16/h5-10H,11,23H2,1-4H3,(H,24,27). The van der Waals surface area contributed by atoms with Gasteiger partial charge in [0.2, 0.25) is 15.7 Å². The van der Waals surface area contributed by atoms with Crippen molar-refractivity contribution in [3.63, 3.8) is 0 Å². The minimum Gasteiger partial charge on any atom is -0.383 e. The zero-order valence-corrected chi connectivity index (χ0v) is 20.0. The summed E-state index contributed by atoms with van der Waals surface area (Å²) in [7, 11) is -3.94.